The summed E-state index contributed by atoms with van der Waals surface area (Å²) >= 11 is 2.85. The number of hydrogen-bond acceptors (Lipinski definition) is 5. The quantitative estimate of drug-likeness (QED) is 0.605. The van der Waals surface area contributed by atoms with Crippen LogP contribution >= 0.6 is 23.3 Å². The molecule has 0 aromatic carbocycles. The molecule has 0 saturated carbocycles. The lowest BCUT2D eigenvalue weighted by Gasteiger charge is -2.05. The third kappa shape index (κ3) is 3.12. The second-order valence-electron chi connectivity index (χ2n) is 4.57. The van der Waals surface area contributed by atoms with Crippen LogP contribution in [0.15, 0.2) is 10.4 Å². The normalized spacial score (nSPS) is 11.0. The Morgan fingerprint density at radius 1 is 1.40 bits per heavy atom. The third-order valence-electron chi connectivity index (χ3n) is 3.28. The van der Waals surface area contributed by atoms with E-state index in [2.05, 4.69) is 20.8 Å². The zero-order valence-corrected chi connectivity index (χ0v) is 13.9. The van der Waals surface area contributed by atoms with E-state index in [4.69, 9.17) is 0 Å². The summed E-state index contributed by atoms with van der Waals surface area (Å²) in [5, 5.41) is 0. The molecular formula is C14H19N3OS2. The molecule has 0 bridgehead atoms. The lowest BCUT2D eigenvalue weighted by atomic mass is 10.2. The maximum atomic E-state index is 12.3. The number of aromatic nitrogens is 3. The summed E-state index contributed by atoms with van der Waals surface area (Å²) in [5.41, 5.74) is 3.03. The second-order valence-corrected chi connectivity index (χ2v) is 6.55. The van der Waals surface area contributed by atoms with Gasteiger partial charge in [0.25, 0.3) is 0 Å². The average molecular weight is 309 g/mol. The second kappa shape index (κ2) is 6.54. The minimum absolute atomic E-state index is 0.163. The summed E-state index contributed by atoms with van der Waals surface area (Å²) in [5.74, 6) is 1.44. The predicted octanol–water partition coefficient (Wildman–Crippen LogP) is 3.51. The molecule has 4 nitrogen and oxygen atoms in total. The summed E-state index contributed by atoms with van der Waals surface area (Å²) in [6.45, 7) is 9.07. The lowest BCUT2D eigenvalue weighted by molar-refractivity contribution is 0.102. The first kappa shape index (κ1) is 15.3. The van der Waals surface area contributed by atoms with E-state index < -0.39 is 0 Å². The highest BCUT2D eigenvalue weighted by molar-refractivity contribution is 8.01. The van der Waals surface area contributed by atoms with Gasteiger partial charge in [0.05, 0.1) is 5.75 Å². The van der Waals surface area contributed by atoms with Crippen LogP contribution in [0.25, 0.3) is 0 Å². The number of Topliss-reactive ketones (excluding diaryl/α,β-unsaturated/α-hetero) is 1. The SMILES string of the molecule is CCc1nsc(SCC(=O)c2cc(C)n(CC)c2C)n1. The predicted molar refractivity (Wildman–Crippen MR) is 83.9 cm³/mol. The maximum Gasteiger partial charge on any atom is 0.174 e. The van der Waals surface area contributed by atoms with Crippen LogP contribution in [0.2, 0.25) is 0 Å². The van der Waals surface area contributed by atoms with Gasteiger partial charge in [-0.15, -0.1) is 0 Å². The number of carbonyl (C=O) groups excluding carboxylic acids is 1. The van der Waals surface area contributed by atoms with Gasteiger partial charge in [0.15, 0.2) is 10.1 Å². The average Bonchev–Trinajstić information content (AvgIpc) is 3.01. The molecule has 2 aromatic rings. The van der Waals surface area contributed by atoms with Gasteiger partial charge in [0, 0.05) is 29.9 Å². The minimum atomic E-state index is 0.163. The lowest BCUT2D eigenvalue weighted by Crippen LogP contribution is -2.05. The smallest absolute Gasteiger partial charge is 0.174 e. The molecule has 2 aromatic heterocycles. The third-order valence-corrected chi connectivity index (χ3v) is 5.15. The van der Waals surface area contributed by atoms with E-state index in [0.717, 1.165) is 40.1 Å². The van der Waals surface area contributed by atoms with Gasteiger partial charge in [-0.2, -0.15) is 4.37 Å². The largest absolute Gasteiger partial charge is 0.349 e. The summed E-state index contributed by atoms with van der Waals surface area (Å²) in [6.07, 6.45) is 0.836. The molecule has 0 atom stereocenters. The molecule has 0 N–H and O–H groups in total. The van der Waals surface area contributed by atoms with E-state index in [1.807, 2.05) is 26.8 Å². The van der Waals surface area contributed by atoms with E-state index in [1.165, 1.54) is 23.3 Å². The molecule has 0 spiro atoms. The number of nitrogens with zero attached hydrogens (tertiary/aromatic N) is 3. The van der Waals surface area contributed by atoms with Gasteiger partial charge in [-0.05, 0) is 38.4 Å². The highest BCUT2D eigenvalue weighted by Gasteiger charge is 2.16. The Balaban J connectivity index is 2.05. The van der Waals surface area contributed by atoms with Crippen LogP contribution in [-0.2, 0) is 13.0 Å². The van der Waals surface area contributed by atoms with E-state index in [1.54, 1.807) is 0 Å². The van der Waals surface area contributed by atoms with Crippen LogP contribution in [0.4, 0.5) is 0 Å². The van der Waals surface area contributed by atoms with E-state index in [9.17, 15) is 4.79 Å². The van der Waals surface area contributed by atoms with Gasteiger partial charge in [-0.25, -0.2) is 4.98 Å². The molecule has 20 heavy (non-hydrogen) atoms. The molecule has 0 fully saturated rings. The van der Waals surface area contributed by atoms with Gasteiger partial charge in [-0.1, -0.05) is 18.7 Å². The van der Waals surface area contributed by atoms with E-state index >= 15 is 0 Å². The Morgan fingerprint density at radius 3 is 2.70 bits per heavy atom. The van der Waals surface area contributed by atoms with Crippen molar-refractivity contribution in [2.75, 3.05) is 5.75 Å². The molecule has 0 aliphatic heterocycles. The van der Waals surface area contributed by atoms with Crippen LogP contribution in [0.3, 0.4) is 0 Å². The van der Waals surface area contributed by atoms with Gasteiger partial charge >= 0.3 is 0 Å². The molecule has 0 unspecified atom stereocenters. The highest BCUT2D eigenvalue weighted by atomic mass is 32.2. The molecule has 0 radical (unpaired) electrons. The zero-order chi connectivity index (χ0) is 14.7. The fourth-order valence-electron chi connectivity index (χ4n) is 2.22. The fourth-order valence-corrected chi connectivity index (χ4v) is 3.79. The number of hydrogen-bond donors (Lipinski definition) is 0. The van der Waals surface area contributed by atoms with Gasteiger partial charge in [0.1, 0.15) is 5.82 Å². The molecule has 108 valence electrons. The maximum absolute atomic E-state index is 12.3. The van der Waals surface area contributed by atoms with Crippen molar-refractivity contribution in [3.05, 3.63) is 28.8 Å². The Kier molecular flexibility index (Phi) is 4.99. The van der Waals surface area contributed by atoms with Crippen molar-refractivity contribution in [2.45, 2.75) is 45.0 Å². The Labute approximate surface area is 127 Å². The van der Waals surface area contributed by atoms with Crippen molar-refractivity contribution in [1.82, 2.24) is 13.9 Å². The van der Waals surface area contributed by atoms with Crippen LogP contribution in [0, 0.1) is 13.8 Å². The Hall–Kier alpha value is -1.14. The van der Waals surface area contributed by atoms with Crippen LogP contribution in [0.1, 0.15) is 41.4 Å². The highest BCUT2D eigenvalue weighted by Crippen LogP contribution is 2.23. The molecule has 0 amide bonds. The number of rotatable bonds is 6. The molecular weight excluding hydrogens is 290 g/mol. The standard InChI is InChI=1S/C14H19N3OS2/c1-5-13-15-14(20-16-13)19-8-12(18)11-7-9(3)17(6-2)10(11)4/h7H,5-6,8H2,1-4H3. The number of ketones is 1. The van der Waals surface area contributed by atoms with Crippen molar-refractivity contribution in [1.29, 1.82) is 0 Å². The molecule has 2 heterocycles. The number of carbonyl (C=O) groups is 1. The van der Waals surface area contributed by atoms with Crippen molar-refractivity contribution >= 4 is 29.1 Å². The minimum Gasteiger partial charge on any atom is -0.349 e. The summed E-state index contributed by atoms with van der Waals surface area (Å²) in [4.78, 5) is 16.7. The van der Waals surface area contributed by atoms with Crippen molar-refractivity contribution in [3.8, 4) is 0 Å². The molecule has 2 rings (SSSR count). The summed E-state index contributed by atoms with van der Waals surface area (Å²) < 4.78 is 7.27. The summed E-state index contributed by atoms with van der Waals surface area (Å²) in [6, 6.07) is 1.99. The van der Waals surface area contributed by atoms with Gasteiger partial charge in [0.2, 0.25) is 0 Å². The number of thioether (sulfide) groups is 1. The topological polar surface area (TPSA) is 47.8 Å². The molecule has 0 aliphatic rings. The van der Waals surface area contributed by atoms with Gasteiger partial charge < -0.3 is 4.57 Å². The Morgan fingerprint density at radius 2 is 2.15 bits per heavy atom. The number of aryl methyl sites for hydroxylation is 2. The molecule has 6 heteroatoms. The first-order chi connectivity index (χ1) is 9.56. The summed E-state index contributed by atoms with van der Waals surface area (Å²) in [7, 11) is 0. The Bertz CT molecular complexity index is 616. The first-order valence-corrected chi connectivity index (χ1v) is 8.48. The van der Waals surface area contributed by atoms with E-state index in [-0.39, 0.29) is 5.78 Å². The van der Waals surface area contributed by atoms with E-state index in [0.29, 0.717) is 5.75 Å². The van der Waals surface area contributed by atoms with Gasteiger partial charge in [-0.3, -0.25) is 4.79 Å². The first-order valence-electron chi connectivity index (χ1n) is 6.72. The molecule has 0 saturated heterocycles. The fraction of sp³-hybridized carbons (Fsp3) is 0.500. The monoisotopic (exact) mass is 309 g/mol. The molecule has 0 aliphatic carbocycles. The zero-order valence-electron chi connectivity index (χ0n) is 12.3. The van der Waals surface area contributed by atoms with Crippen molar-refractivity contribution < 1.29 is 4.79 Å². The van der Waals surface area contributed by atoms with Crippen LogP contribution < -0.4 is 0 Å². The van der Waals surface area contributed by atoms with Crippen molar-refractivity contribution in [2.24, 2.45) is 0 Å². The van der Waals surface area contributed by atoms with Crippen molar-refractivity contribution in [3.63, 3.8) is 0 Å². The van der Waals surface area contributed by atoms with Crippen LogP contribution in [0.5, 0.6) is 0 Å². The van der Waals surface area contributed by atoms with Crippen LogP contribution in [-0.4, -0.2) is 25.5 Å².